The Morgan fingerprint density at radius 1 is 1.17 bits per heavy atom. The predicted molar refractivity (Wildman–Crippen MR) is 112 cm³/mol. The first kappa shape index (κ1) is 19.8. The van der Waals surface area contributed by atoms with Crippen LogP contribution < -0.4 is 5.32 Å². The molecule has 1 aromatic carbocycles. The maximum absolute atomic E-state index is 12.5. The van der Waals surface area contributed by atoms with Gasteiger partial charge in [0.2, 0.25) is 5.82 Å². The van der Waals surface area contributed by atoms with Crippen molar-refractivity contribution in [1.29, 1.82) is 0 Å². The zero-order chi connectivity index (χ0) is 21.3. The molecule has 2 aromatic heterocycles. The van der Waals surface area contributed by atoms with Gasteiger partial charge in [-0.25, -0.2) is 9.50 Å². The zero-order valence-corrected chi connectivity index (χ0v) is 17.1. The lowest BCUT2D eigenvalue weighted by atomic mass is 10.2. The summed E-state index contributed by atoms with van der Waals surface area (Å²) in [7, 11) is 0. The highest BCUT2D eigenvalue weighted by Gasteiger charge is 2.34. The van der Waals surface area contributed by atoms with Crippen molar-refractivity contribution >= 4 is 40.7 Å². The SMILES string of the molecule is Cc1cc(C)n2nc(C(=O)NCCN3C(=O)S/C(=C/c4ccccc4)C3=O)nc2n1. The van der Waals surface area contributed by atoms with Crippen LogP contribution in [0.2, 0.25) is 0 Å². The Labute approximate surface area is 176 Å². The topological polar surface area (TPSA) is 110 Å². The lowest BCUT2D eigenvalue weighted by Gasteiger charge is -2.12. The number of hydrogen-bond donors (Lipinski definition) is 1. The molecule has 3 aromatic rings. The zero-order valence-electron chi connectivity index (χ0n) is 16.3. The first-order chi connectivity index (χ1) is 14.4. The van der Waals surface area contributed by atoms with Gasteiger partial charge in [0, 0.05) is 24.5 Å². The van der Waals surface area contributed by atoms with Crippen molar-refractivity contribution < 1.29 is 14.4 Å². The molecular weight excluding hydrogens is 404 g/mol. The minimum absolute atomic E-state index is 0.0192. The van der Waals surface area contributed by atoms with E-state index in [1.165, 1.54) is 4.52 Å². The van der Waals surface area contributed by atoms with Crippen LogP contribution in [-0.2, 0) is 4.79 Å². The van der Waals surface area contributed by atoms with E-state index in [2.05, 4.69) is 20.4 Å². The highest BCUT2D eigenvalue weighted by atomic mass is 32.2. The third-order valence-electron chi connectivity index (χ3n) is 4.41. The van der Waals surface area contributed by atoms with Crippen LogP contribution in [0.1, 0.15) is 27.6 Å². The molecule has 4 rings (SSSR count). The van der Waals surface area contributed by atoms with E-state index >= 15 is 0 Å². The third kappa shape index (κ3) is 3.94. The summed E-state index contributed by atoms with van der Waals surface area (Å²) in [6.45, 7) is 3.84. The standard InChI is InChI=1S/C20H18N6O3S/c1-12-10-13(2)26-19(22-12)23-16(24-26)17(27)21-8-9-25-18(28)15(30-20(25)29)11-14-6-4-3-5-7-14/h3-7,10-11H,8-9H2,1-2H3,(H,21,27)/b15-11+. The van der Waals surface area contributed by atoms with Crippen LogP contribution in [0.5, 0.6) is 0 Å². The number of rotatable bonds is 5. The first-order valence-electron chi connectivity index (χ1n) is 9.22. The van der Waals surface area contributed by atoms with E-state index in [4.69, 9.17) is 0 Å². The Morgan fingerprint density at radius 3 is 2.70 bits per heavy atom. The Hall–Kier alpha value is -3.53. The Morgan fingerprint density at radius 2 is 1.93 bits per heavy atom. The van der Waals surface area contributed by atoms with Gasteiger partial charge in [-0.15, -0.1) is 5.10 Å². The summed E-state index contributed by atoms with van der Waals surface area (Å²) >= 11 is 0.887. The minimum atomic E-state index is -0.496. The van der Waals surface area contributed by atoms with E-state index in [9.17, 15) is 14.4 Å². The molecule has 1 fully saturated rings. The van der Waals surface area contributed by atoms with Crippen LogP contribution >= 0.6 is 11.8 Å². The van der Waals surface area contributed by atoms with Crippen LogP contribution in [0.3, 0.4) is 0 Å². The quantitative estimate of drug-likeness (QED) is 0.628. The van der Waals surface area contributed by atoms with Gasteiger partial charge < -0.3 is 5.32 Å². The molecular formula is C20H18N6O3S. The van der Waals surface area contributed by atoms with Crippen LogP contribution in [0, 0.1) is 13.8 Å². The number of benzene rings is 1. The molecule has 0 aliphatic carbocycles. The normalized spacial score (nSPS) is 15.4. The van der Waals surface area contributed by atoms with E-state index in [1.54, 1.807) is 6.08 Å². The molecule has 0 saturated carbocycles. The monoisotopic (exact) mass is 422 g/mol. The van der Waals surface area contributed by atoms with E-state index in [1.807, 2.05) is 50.2 Å². The van der Waals surface area contributed by atoms with Crippen molar-refractivity contribution in [2.45, 2.75) is 13.8 Å². The molecule has 1 aliphatic rings. The molecule has 1 saturated heterocycles. The van der Waals surface area contributed by atoms with E-state index in [0.29, 0.717) is 10.7 Å². The van der Waals surface area contributed by atoms with Gasteiger partial charge in [-0.2, -0.15) is 4.98 Å². The average Bonchev–Trinajstić information content (AvgIpc) is 3.25. The Bertz CT molecular complexity index is 1190. The van der Waals surface area contributed by atoms with Crippen molar-refractivity contribution in [3.63, 3.8) is 0 Å². The molecule has 9 nitrogen and oxygen atoms in total. The molecule has 0 bridgehead atoms. The molecule has 10 heteroatoms. The molecule has 3 amide bonds. The number of aryl methyl sites for hydroxylation is 2. The molecule has 1 N–H and O–H groups in total. The fraction of sp³-hybridized carbons (Fsp3) is 0.200. The smallest absolute Gasteiger partial charge is 0.293 e. The number of imide groups is 1. The average molecular weight is 422 g/mol. The maximum atomic E-state index is 12.5. The lowest BCUT2D eigenvalue weighted by molar-refractivity contribution is -0.122. The molecule has 0 radical (unpaired) electrons. The number of aromatic nitrogens is 4. The number of amides is 3. The number of carbonyl (C=O) groups excluding carboxylic acids is 3. The highest BCUT2D eigenvalue weighted by molar-refractivity contribution is 8.18. The molecule has 30 heavy (non-hydrogen) atoms. The van der Waals surface area contributed by atoms with Crippen molar-refractivity contribution in [1.82, 2.24) is 29.8 Å². The van der Waals surface area contributed by atoms with Crippen LogP contribution in [0.15, 0.2) is 41.3 Å². The van der Waals surface area contributed by atoms with Gasteiger partial charge in [-0.3, -0.25) is 19.3 Å². The van der Waals surface area contributed by atoms with Gasteiger partial charge in [0.1, 0.15) is 0 Å². The van der Waals surface area contributed by atoms with E-state index in [0.717, 1.165) is 33.6 Å². The predicted octanol–water partition coefficient (Wildman–Crippen LogP) is 2.21. The van der Waals surface area contributed by atoms with Crippen molar-refractivity contribution in [2.24, 2.45) is 0 Å². The lowest BCUT2D eigenvalue weighted by Crippen LogP contribution is -2.37. The van der Waals surface area contributed by atoms with Gasteiger partial charge in [0.15, 0.2) is 0 Å². The van der Waals surface area contributed by atoms with Gasteiger partial charge in [-0.1, -0.05) is 30.3 Å². The number of fused-ring (bicyclic) bond motifs is 1. The number of carbonyl (C=O) groups is 3. The second-order valence-electron chi connectivity index (χ2n) is 6.69. The molecule has 3 heterocycles. The number of nitrogens with one attached hydrogen (secondary N) is 1. The van der Waals surface area contributed by atoms with Gasteiger partial charge >= 0.3 is 0 Å². The van der Waals surface area contributed by atoms with E-state index in [-0.39, 0.29) is 30.1 Å². The highest BCUT2D eigenvalue weighted by Crippen LogP contribution is 2.31. The van der Waals surface area contributed by atoms with Crippen LogP contribution in [-0.4, -0.2) is 54.6 Å². The third-order valence-corrected chi connectivity index (χ3v) is 5.32. The van der Waals surface area contributed by atoms with E-state index < -0.39 is 5.91 Å². The van der Waals surface area contributed by atoms with Crippen LogP contribution in [0.4, 0.5) is 4.79 Å². The maximum Gasteiger partial charge on any atom is 0.293 e. The summed E-state index contributed by atoms with van der Waals surface area (Å²) in [5.74, 6) is -0.544. The van der Waals surface area contributed by atoms with Gasteiger partial charge in [0.05, 0.1) is 4.91 Å². The molecule has 0 spiro atoms. The van der Waals surface area contributed by atoms with Crippen molar-refractivity contribution in [3.8, 4) is 0 Å². The first-order valence-corrected chi connectivity index (χ1v) is 10.0. The second-order valence-corrected chi connectivity index (χ2v) is 7.68. The largest absolute Gasteiger partial charge is 0.347 e. The van der Waals surface area contributed by atoms with Crippen molar-refractivity contribution in [2.75, 3.05) is 13.1 Å². The number of hydrogen-bond acceptors (Lipinski definition) is 7. The molecule has 0 atom stereocenters. The van der Waals surface area contributed by atoms with Crippen molar-refractivity contribution in [3.05, 3.63) is 64.1 Å². The van der Waals surface area contributed by atoms with Gasteiger partial charge in [-0.05, 0) is 43.3 Å². The fourth-order valence-corrected chi connectivity index (χ4v) is 3.88. The Balaban J connectivity index is 1.39. The fourth-order valence-electron chi connectivity index (χ4n) is 3.02. The second kappa shape index (κ2) is 8.07. The molecule has 1 aliphatic heterocycles. The molecule has 0 unspecified atom stereocenters. The summed E-state index contributed by atoms with van der Waals surface area (Å²) in [6, 6.07) is 11.1. The summed E-state index contributed by atoms with van der Waals surface area (Å²) in [4.78, 5) is 47.0. The molecule has 152 valence electrons. The summed E-state index contributed by atoms with van der Waals surface area (Å²) in [5, 5.41) is 6.45. The van der Waals surface area contributed by atoms with Crippen LogP contribution in [0.25, 0.3) is 11.9 Å². The summed E-state index contributed by atoms with van der Waals surface area (Å²) in [5.41, 5.74) is 2.43. The number of thioether (sulfide) groups is 1. The number of nitrogens with zero attached hydrogens (tertiary/aromatic N) is 5. The summed E-state index contributed by atoms with van der Waals surface area (Å²) in [6.07, 6.45) is 1.68. The minimum Gasteiger partial charge on any atom is -0.347 e. The summed E-state index contributed by atoms with van der Waals surface area (Å²) < 4.78 is 1.49. The Kier molecular flexibility index (Phi) is 5.32. The van der Waals surface area contributed by atoms with Gasteiger partial charge in [0.25, 0.3) is 22.8 Å².